The third kappa shape index (κ3) is 10.8. The summed E-state index contributed by atoms with van der Waals surface area (Å²) in [5.74, 6) is -1.55. The predicted octanol–water partition coefficient (Wildman–Crippen LogP) is -10.6. The minimum atomic E-state index is -2.16. The van der Waals surface area contributed by atoms with Gasteiger partial charge in [-0.1, -0.05) is 0 Å². The third-order valence-corrected chi connectivity index (χ3v) is 11.1. The maximum Gasteiger partial charge on any atom is 0.217 e. The van der Waals surface area contributed by atoms with Crippen LogP contribution in [0, 0.1) is 0 Å². The molecule has 0 aromatic carbocycles. The summed E-state index contributed by atoms with van der Waals surface area (Å²) in [4.78, 5) is 24.8. The van der Waals surface area contributed by atoms with Gasteiger partial charge in [-0.2, -0.15) is 0 Å². The zero-order valence-corrected chi connectivity index (χ0v) is 33.0. The molecule has 5 fully saturated rings. The van der Waals surface area contributed by atoms with E-state index in [1.807, 2.05) is 0 Å². The maximum atomic E-state index is 12.5. The van der Waals surface area contributed by atoms with Crippen LogP contribution in [0.25, 0.3) is 0 Å². The molecule has 0 aliphatic carbocycles. The molecule has 0 aromatic rings. The Hall–Kier alpha value is -1.98. The Bertz CT molecular complexity index is 1420. The highest BCUT2D eigenvalue weighted by atomic mass is 16.8. The number of aliphatic hydroxyl groups is 14. The normalized spacial score (nSPS) is 49.6. The molecule has 27 nitrogen and oxygen atoms in total. The van der Waals surface area contributed by atoms with E-state index in [0.29, 0.717) is 0 Å². The van der Waals surface area contributed by atoms with Crippen LogP contribution in [0.15, 0.2) is 0 Å². The Balaban J connectivity index is 1.45. The topological polar surface area (TPSA) is 424 Å². The number of hydrogen-bond acceptors (Lipinski definition) is 25. The van der Waals surface area contributed by atoms with Gasteiger partial charge in [0.2, 0.25) is 11.8 Å². The molecule has 5 aliphatic heterocycles. The molecule has 0 bridgehead atoms. The summed E-state index contributed by atoms with van der Waals surface area (Å²) in [6, 6.07) is -3.28. The summed E-state index contributed by atoms with van der Waals surface area (Å²) < 4.78 is 51.7. The van der Waals surface area contributed by atoms with E-state index >= 15 is 0 Å². The van der Waals surface area contributed by atoms with Crippen molar-refractivity contribution in [3.05, 3.63) is 0 Å². The monoisotopic (exact) mass is 894 g/mol. The van der Waals surface area contributed by atoms with Crippen molar-refractivity contribution in [2.24, 2.45) is 0 Å². The summed E-state index contributed by atoms with van der Waals surface area (Å²) in [5.41, 5.74) is 0. The van der Waals surface area contributed by atoms with E-state index in [2.05, 4.69) is 10.6 Å². The lowest BCUT2D eigenvalue weighted by Crippen LogP contribution is -2.71. The number of aliphatic hydroxyl groups excluding tert-OH is 14. The number of rotatable bonds is 14. The highest BCUT2D eigenvalue weighted by molar-refractivity contribution is 5.73. The first-order valence-corrected chi connectivity index (χ1v) is 19.5. The van der Waals surface area contributed by atoms with Crippen LogP contribution < -0.4 is 10.6 Å². The van der Waals surface area contributed by atoms with E-state index in [1.54, 1.807) is 0 Å². The second-order valence-corrected chi connectivity index (χ2v) is 15.4. The number of ether oxygens (including phenoxy) is 9. The van der Waals surface area contributed by atoms with Crippen LogP contribution >= 0.6 is 0 Å². The lowest BCUT2D eigenvalue weighted by atomic mass is 9.93. The molecule has 0 unspecified atom stereocenters. The highest BCUT2D eigenvalue weighted by Crippen LogP contribution is 2.36. The van der Waals surface area contributed by atoms with Crippen molar-refractivity contribution >= 4 is 11.8 Å². The van der Waals surface area contributed by atoms with Gasteiger partial charge in [0.05, 0.1) is 32.5 Å². The van der Waals surface area contributed by atoms with E-state index in [9.17, 15) is 81.1 Å². The van der Waals surface area contributed by atoms with Crippen molar-refractivity contribution in [1.29, 1.82) is 0 Å². The van der Waals surface area contributed by atoms with Crippen molar-refractivity contribution in [3.8, 4) is 0 Å². The van der Waals surface area contributed by atoms with Gasteiger partial charge in [0.1, 0.15) is 116 Å². The molecule has 2 amide bonds. The van der Waals surface area contributed by atoms with Crippen LogP contribution in [0.4, 0.5) is 0 Å². The fourth-order valence-electron chi connectivity index (χ4n) is 7.77. The largest absolute Gasteiger partial charge is 0.394 e. The van der Waals surface area contributed by atoms with Crippen molar-refractivity contribution < 1.29 is 124 Å². The standard InChI is InChI=1S/C34H58N2O25/c1-8-17(43)21(47)23(49)32(53-8)60-28-15(35-9(2)41)30(52)54-14(7-40)26(28)58-34-25(51)29(20(46)13(6-39)57-34)61-31-16(36-10(3)42)27(19(45)12(5-38)55-31)59-33-24(50)22(48)18(44)11(4-37)56-33/h8,11-34,37-40,43-52H,4-7H2,1-3H3,(H,35,41)(H,36,42)/t8-,11+,12+,13+,14+,15+,16+,17+,18-,19+,20-,21+,22-,23-,24+,25+,26+,27+,28+,29-,30+,31-,32-,33-,34-/m0/s1. The zero-order chi connectivity index (χ0) is 45.2. The zero-order valence-electron chi connectivity index (χ0n) is 33.0. The van der Waals surface area contributed by atoms with Crippen LogP contribution in [0.5, 0.6) is 0 Å². The van der Waals surface area contributed by atoms with Gasteiger partial charge in [-0.3, -0.25) is 9.59 Å². The second kappa shape index (κ2) is 21.3. The lowest BCUT2D eigenvalue weighted by molar-refractivity contribution is -0.385. The SMILES string of the molecule is CC(=O)N[C@@H]1[C@@H](O[C@@H]2O[C@@H](C)[C@@H](O)[C@@H](O)[C@@H]2O)[C@H](O[C@@H]2O[C@H](CO)[C@H](O)[C@H](O[C@@H]3O[C@H](CO)[C@@H](O)[C@H](O[C@@H]4O[C@H](CO)[C@H](O)[C@H](O)[C@H]4O)[C@H]3NC(C)=O)[C@H]2O)[C@@H](CO)O[C@H]1O. The van der Waals surface area contributed by atoms with E-state index in [0.717, 1.165) is 13.8 Å². The van der Waals surface area contributed by atoms with Gasteiger partial charge in [-0.25, -0.2) is 0 Å². The maximum absolute atomic E-state index is 12.5. The minimum absolute atomic E-state index is 0.747. The fraction of sp³-hybridized carbons (Fsp3) is 0.941. The van der Waals surface area contributed by atoms with Crippen LogP contribution in [-0.2, 0) is 52.2 Å². The minimum Gasteiger partial charge on any atom is -0.394 e. The summed E-state index contributed by atoms with van der Waals surface area (Å²) >= 11 is 0. The van der Waals surface area contributed by atoms with Gasteiger partial charge in [0.25, 0.3) is 0 Å². The van der Waals surface area contributed by atoms with E-state index < -0.39 is 192 Å². The first-order chi connectivity index (χ1) is 28.8. The summed E-state index contributed by atoms with van der Waals surface area (Å²) in [6.07, 6.45) is -41.3. The fourth-order valence-corrected chi connectivity index (χ4v) is 7.77. The quantitative estimate of drug-likeness (QED) is 0.0770. The average Bonchev–Trinajstić information content (AvgIpc) is 3.22. The Morgan fingerprint density at radius 2 is 0.836 bits per heavy atom. The van der Waals surface area contributed by atoms with Crippen LogP contribution in [0.3, 0.4) is 0 Å². The molecule has 354 valence electrons. The predicted molar refractivity (Wildman–Crippen MR) is 188 cm³/mol. The molecule has 0 saturated carbocycles. The number of nitrogens with one attached hydrogen (secondary N) is 2. The van der Waals surface area contributed by atoms with Crippen molar-refractivity contribution in [3.63, 3.8) is 0 Å². The first-order valence-electron chi connectivity index (χ1n) is 19.5. The van der Waals surface area contributed by atoms with E-state index in [4.69, 9.17) is 42.6 Å². The number of carbonyl (C=O) groups excluding carboxylic acids is 2. The van der Waals surface area contributed by atoms with Crippen molar-refractivity contribution in [2.75, 3.05) is 26.4 Å². The molecule has 27 heteroatoms. The van der Waals surface area contributed by atoms with Crippen LogP contribution in [-0.4, -0.2) is 263 Å². The van der Waals surface area contributed by atoms with Gasteiger partial charge in [0.15, 0.2) is 31.5 Å². The van der Waals surface area contributed by atoms with Crippen molar-refractivity contribution in [1.82, 2.24) is 10.6 Å². The Kier molecular flexibility index (Phi) is 17.5. The van der Waals surface area contributed by atoms with E-state index in [-0.39, 0.29) is 0 Å². The molecule has 5 aliphatic rings. The lowest BCUT2D eigenvalue weighted by Gasteiger charge is -2.51. The van der Waals surface area contributed by atoms with Crippen LogP contribution in [0.2, 0.25) is 0 Å². The third-order valence-electron chi connectivity index (χ3n) is 11.1. The Labute approximate surface area is 346 Å². The van der Waals surface area contributed by atoms with Gasteiger partial charge in [-0.05, 0) is 6.92 Å². The van der Waals surface area contributed by atoms with Gasteiger partial charge >= 0.3 is 0 Å². The molecule has 0 aromatic heterocycles. The summed E-state index contributed by atoms with van der Waals surface area (Å²) in [5, 5.41) is 153. The van der Waals surface area contributed by atoms with Crippen molar-refractivity contribution in [2.45, 2.75) is 174 Å². The smallest absolute Gasteiger partial charge is 0.217 e. The molecule has 16 N–H and O–H groups in total. The molecule has 0 radical (unpaired) electrons. The molecular weight excluding hydrogens is 836 g/mol. The summed E-state index contributed by atoms with van der Waals surface area (Å²) in [7, 11) is 0. The van der Waals surface area contributed by atoms with Gasteiger partial charge < -0.3 is 125 Å². The molecule has 5 heterocycles. The molecule has 5 saturated heterocycles. The van der Waals surface area contributed by atoms with Gasteiger partial charge in [-0.15, -0.1) is 0 Å². The molecule has 5 rings (SSSR count). The first kappa shape index (κ1) is 50.0. The average molecular weight is 895 g/mol. The number of carbonyl (C=O) groups is 2. The highest BCUT2D eigenvalue weighted by Gasteiger charge is 2.57. The molecule has 61 heavy (non-hydrogen) atoms. The second-order valence-electron chi connectivity index (χ2n) is 15.4. The molecule has 25 atom stereocenters. The van der Waals surface area contributed by atoms with Gasteiger partial charge in [0, 0.05) is 13.8 Å². The Morgan fingerprint density at radius 3 is 1.38 bits per heavy atom. The van der Waals surface area contributed by atoms with Crippen LogP contribution in [0.1, 0.15) is 20.8 Å². The molecular formula is C34H58N2O25. The van der Waals surface area contributed by atoms with E-state index in [1.165, 1.54) is 6.92 Å². The number of hydrogen-bond donors (Lipinski definition) is 16. The molecule has 0 spiro atoms. The summed E-state index contributed by atoms with van der Waals surface area (Å²) in [6.45, 7) is -0.283. The number of amides is 2. The Morgan fingerprint density at radius 1 is 0.426 bits per heavy atom.